The summed E-state index contributed by atoms with van der Waals surface area (Å²) in [7, 11) is 0. The Balaban J connectivity index is 1.34. The topological polar surface area (TPSA) is 99.6 Å². The molecule has 0 aliphatic carbocycles. The molecule has 10 heteroatoms. The van der Waals surface area contributed by atoms with E-state index in [1.807, 2.05) is 79.7 Å². The number of carbonyl (C=O) groups is 3. The molecule has 0 saturated carbocycles. The summed E-state index contributed by atoms with van der Waals surface area (Å²) in [5.74, 6) is -2.34. The minimum atomic E-state index is -1.47. The van der Waals surface area contributed by atoms with Crippen molar-refractivity contribution in [3.05, 3.63) is 114 Å². The Morgan fingerprint density at radius 1 is 0.913 bits per heavy atom. The lowest BCUT2D eigenvalue weighted by molar-refractivity contribution is -0.144. The molecule has 3 aromatic rings. The van der Waals surface area contributed by atoms with Gasteiger partial charge in [0.1, 0.15) is 17.4 Å². The molecule has 9 nitrogen and oxygen atoms in total. The molecule has 0 bridgehead atoms. The lowest BCUT2D eigenvalue weighted by Crippen LogP contribution is -2.56. The van der Waals surface area contributed by atoms with Crippen LogP contribution in [0.3, 0.4) is 0 Å². The van der Waals surface area contributed by atoms with E-state index in [1.54, 1.807) is 40.1 Å². The second-order valence-corrected chi connectivity index (χ2v) is 12.2. The van der Waals surface area contributed by atoms with Gasteiger partial charge in [-0.25, -0.2) is 0 Å². The van der Waals surface area contributed by atoms with E-state index in [0.29, 0.717) is 40.9 Å². The molecule has 2 fully saturated rings. The van der Waals surface area contributed by atoms with Gasteiger partial charge in [0.25, 0.3) is 5.91 Å². The number of fused-ring (bicyclic) bond motifs is 2. The summed E-state index contributed by atoms with van der Waals surface area (Å²) in [5, 5.41) is 11.2. The lowest BCUT2D eigenvalue weighted by Gasteiger charge is -2.38. The number of ether oxygens (including phenoxy) is 2. The fourth-order valence-corrected chi connectivity index (χ4v) is 7.69. The number of rotatable bonds is 7. The number of hydrogen-bond acceptors (Lipinski definition) is 6. The van der Waals surface area contributed by atoms with Crippen molar-refractivity contribution < 1.29 is 29.0 Å². The third-order valence-corrected chi connectivity index (χ3v) is 9.71. The minimum Gasteiger partial charge on any atom is -0.494 e. The molecule has 4 heterocycles. The third kappa shape index (κ3) is 4.73. The zero-order valence-electron chi connectivity index (χ0n) is 25.2. The van der Waals surface area contributed by atoms with Crippen LogP contribution in [0.5, 0.6) is 5.75 Å². The monoisotopic (exact) mass is 639 g/mol. The van der Waals surface area contributed by atoms with E-state index in [9.17, 15) is 19.5 Å². The quantitative estimate of drug-likeness (QED) is 0.381. The zero-order chi connectivity index (χ0) is 32.0. The maximum Gasteiger partial charge on any atom is 0.253 e. The van der Waals surface area contributed by atoms with Crippen LogP contribution in [0, 0.1) is 11.8 Å². The largest absolute Gasteiger partial charge is 0.494 e. The molecule has 1 N–H and O–H groups in total. The number of carbonyl (C=O) groups excluding carboxylic acids is 3. The molecule has 236 valence electrons. The average molecular weight is 640 g/mol. The first-order valence-electron chi connectivity index (χ1n) is 15.5. The fourth-order valence-electron chi connectivity index (χ4n) is 7.45. The van der Waals surface area contributed by atoms with Gasteiger partial charge in [-0.1, -0.05) is 78.4 Å². The Labute approximate surface area is 272 Å². The van der Waals surface area contributed by atoms with Crippen LogP contribution in [0.25, 0.3) is 0 Å². The van der Waals surface area contributed by atoms with E-state index in [2.05, 4.69) is 0 Å². The summed E-state index contributed by atoms with van der Waals surface area (Å²) in [6, 6.07) is 21.4. The number of likely N-dealkylation sites (tertiary alicyclic amines) is 1. The number of anilines is 2. The molecule has 1 spiro atoms. The molecule has 2 saturated heterocycles. The van der Waals surface area contributed by atoms with Gasteiger partial charge in [-0.05, 0) is 48.9 Å². The SMILES string of the molecule is CCOc1ccc(N2CC=C[C@@H]3O[C@]45C=CCN(c6ccccc6Cl)C(=O)C4N([C@H](CO)c4ccccc4)C(=O)[C@@H]5[C@@H]3C2=O)cc1. The second-order valence-electron chi connectivity index (χ2n) is 11.8. The Hall–Kier alpha value is -4.44. The van der Waals surface area contributed by atoms with Gasteiger partial charge in [-0.3, -0.25) is 14.4 Å². The predicted molar refractivity (Wildman–Crippen MR) is 174 cm³/mol. The van der Waals surface area contributed by atoms with E-state index in [-0.39, 0.29) is 12.5 Å². The molecule has 0 radical (unpaired) electrons. The lowest BCUT2D eigenvalue weighted by atomic mass is 9.77. The smallest absolute Gasteiger partial charge is 0.253 e. The highest BCUT2D eigenvalue weighted by Crippen LogP contribution is 2.55. The molecule has 0 aromatic heterocycles. The van der Waals surface area contributed by atoms with Gasteiger partial charge in [0, 0.05) is 18.8 Å². The first-order valence-corrected chi connectivity index (χ1v) is 15.9. The average Bonchev–Trinajstić information content (AvgIpc) is 3.38. The van der Waals surface area contributed by atoms with Crippen LogP contribution in [0.15, 0.2) is 103 Å². The number of hydrogen-bond donors (Lipinski definition) is 1. The number of aliphatic hydroxyl groups excluding tert-OH is 1. The first-order chi connectivity index (χ1) is 22.4. The van der Waals surface area contributed by atoms with Crippen molar-refractivity contribution in [3.63, 3.8) is 0 Å². The van der Waals surface area contributed by atoms with Crippen molar-refractivity contribution in [1.29, 1.82) is 0 Å². The fraction of sp³-hybridized carbons (Fsp3) is 0.306. The van der Waals surface area contributed by atoms with Gasteiger partial charge in [-0.15, -0.1) is 0 Å². The molecule has 4 aliphatic rings. The van der Waals surface area contributed by atoms with Crippen molar-refractivity contribution in [2.24, 2.45) is 11.8 Å². The normalized spacial score (nSPS) is 27.6. The van der Waals surface area contributed by atoms with Crippen molar-refractivity contribution >= 4 is 40.7 Å². The number of aliphatic hydroxyl groups is 1. The summed E-state index contributed by atoms with van der Waals surface area (Å²) < 4.78 is 12.4. The number of benzene rings is 3. The number of para-hydroxylation sites is 1. The molecule has 1 unspecified atom stereocenters. The molecular weight excluding hydrogens is 606 g/mol. The highest BCUT2D eigenvalue weighted by Gasteiger charge is 2.72. The van der Waals surface area contributed by atoms with Crippen LogP contribution in [-0.4, -0.2) is 71.8 Å². The number of nitrogens with zero attached hydrogens (tertiary/aromatic N) is 3. The zero-order valence-corrected chi connectivity index (χ0v) is 26.0. The van der Waals surface area contributed by atoms with Gasteiger partial charge in [0.05, 0.1) is 47.9 Å². The Bertz CT molecular complexity index is 1710. The summed E-state index contributed by atoms with van der Waals surface area (Å²) in [6.07, 6.45) is 6.55. The summed E-state index contributed by atoms with van der Waals surface area (Å²) >= 11 is 6.58. The van der Waals surface area contributed by atoms with Gasteiger partial charge in [-0.2, -0.15) is 0 Å². The maximum atomic E-state index is 14.9. The molecule has 4 aliphatic heterocycles. The van der Waals surface area contributed by atoms with E-state index >= 15 is 0 Å². The molecule has 3 aromatic carbocycles. The highest BCUT2D eigenvalue weighted by atomic mass is 35.5. The number of amides is 3. The van der Waals surface area contributed by atoms with Crippen LogP contribution in [0.4, 0.5) is 11.4 Å². The third-order valence-electron chi connectivity index (χ3n) is 9.39. The van der Waals surface area contributed by atoms with E-state index in [4.69, 9.17) is 21.1 Å². The first kappa shape index (κ1) is 30.2. The van der Waals surface area contributed by atoms with Crippen molar-refractivity contribution in [3.8, 4) is 5.75 Å². The Kier molecular flexibility index (Phi) is 7.92. The summed E-state index contributed by atoms with van der Waals surface area (Å²) in [4.78, 5) is 48.8. The summed E-state index contributed by atoms with van der Waals surface area (Å²) in [6.45, 7) is 2.47. The standard InChI is InChI=1S/C36H34ClN3O6/c1-2-45-25-17-15-24(16-18-25)38-20-8-14-29-30(33(38)42)31-34(43)40(28(22-41)23-10-4-3-5-11-23)32-35(44)39(21-9-19-36(31,32)46-29)27-13-7-6-12-26(27)37/h3-19,28-32,41H,2,20-22H2,1H3/t28-,29+,30-,31+,32?,36+/m1/s1. The van der Waals surface area contributed by atoms with E-state index < -0.39 is 54.0 Å². The molecule has 6 atom stereocenters. The van der Waals surface area contributed by atoms with Gasteiger partial charge >= 0.3 is 0 Å². The maximum absolute atomic E-state index is 14.9. The van der Waals surface area contributed by atoms with Crippen LogP contribution in [-0.2, 0) is 19.1 Å². The van der Waals surface area contributed by atoms with Crippen LogP contribution in [0.2, 0.25) is 5.02 Å². The molecule has 3 amide bonds. The van der Waals surface area contributed by atoms with Crippen molar-refractivity contribution in [2.75, 3.05) is 36.1 Å². The Morgan fingerprint density at radius 3 is 2.35 bits per heavy atom. The molecule has 46 heavy (non-hydrogen) atoms. The molecular formula is C36H34ClN3O6. The predicted octanol–water partition coefficient (Wildman–Crippen LogP) is 4.56. The molecule has 7 rings (SSSR count). The Morgan fingerprint density at radius 2 is 1.63 bits per heavy atom. The summed E-state index contributed by atoms with van der Waals surface area (Å²) in [5.41, 5.74) is 0.354. The van der Waals surface area contributed by atoms with Gasteiger partial charge in [0.15, 0.2) is 0 Å². The van der Waals surface area contributed by atoms with Crippen LogP contribution in [0.1, 0.15) is 18.5 Å². The van der Waals surface area contributed by atoms with Crippen molar-refractivity contribution in [1.82, 2.24) is 4.90 Å². The van der Waals surface area contributed by atoms with Crippen LogP contribution >= 0.6 is 11.6 Å². The van der Waals surface area contributed by atoms with Gasteiger partial charge in [0.2, 0.25) is 11.8 Å². The van der Waals surface area contributed by atoms with Crippen molar-refractivity contribution in [2.45, 2.75) is 30.7 Å². The van der Waals surface area contributed by atoms with E-state index in [1.165, 1.54) is 4.90 Å². The van der Waals surface area contributed by atoms with E-state index in [0.717, 1.165) is 0 Å². The highest BCUT2D eigenvalue weighted by molar-refractivity contribution is 6.34. The second kappa shape index (κ2) is 12.1. The van der Waals surface area contributed by atoms with Gasteiger partial charge < -0.3 is 29.3 Å². The van der Waals surface area contributed by atoms with Crippen LogP contribution < -0.4 is 14.5 Å². The number of halogens is 1. The minimum absolute atomic E-state index is 0.186.